The van der Waals surface area contributed by atoms with Crippen LogP contribution in [-0.2, 0) is 10.8 Å². The van der Waals surface area contributed by atoms with Gasteiger partial charge in [-0.2, -0.15) is 0 Å². The van der Waals surface area contributed by atoms with Crippen LogP contribution >= 0.6 is 0 Å². The van der Waals surface area contributed by atoms with Crippen molar-refractivity contribution in [1.29, 1.82) is 0 Å². The van der Waals surface area contributed by atoms with E-state index >= 15 is 0 Å². The molecule has 0 bridgehead atoms. The predicted molar refractivity (Wildman–Crippen MR) is 64.0 cm³/mol. The SMILES string of the molecule is Cc1ccc(O)c(S(=O)c2ccccc2)c1. The number of hydrogen-bond donors (Lipinski definition) is 1. The summed E-state index contributed by atoms with van der Waals surface area (Å²) in [7, 11) is -1.32. The van der Waals surface area contributed by atoms with E-state index in [9.17, 15) is 9.32 Å². The average molecular weight is 232 g/mol. The third-order valence-electron chi connectivity index (χ3n) is 2.27. The number of aromatic hydroxyl groups is 1. The summed E-state index contributed by atoms with van der Waals surface area (Å²) in [4.78, 5) is 1.16. The molecule has 16 heavy (non-hydrogen) atoms. The molecule has 1 N–H and O–H groups in total. The molecule has 0 aliphatic carbocycles. The maximum absolute atomic E-state index is 12.2. The molecule has 1 atom stereocenters. The summed E-state index contributed by atoms with van der Waals surface area (Å²) < 4.78 is 12.2. The van der Waals surface area contributed by atoms with Crippen LogP contribution in [0.5, 0.6) is 5.75 Å². The number of phenolic OH excluding ortho intramolecular Hbond substituents is 1. The lowest BCUT2D eigenvalue weighted by Gasteiger charge is -2.05. The lowest BCUT2D eigenvalue weighted by Crippen LogP contribution is -1.93. The number of rotatable bonds is 2. The quantitative estimate of drug-likeness (QED) is 0.864. The lowest BCUT2D eigenvalue weighted by atomic mass is 10.2. The summed E-state index contributed by atoms with van der Waals surface area (Å²) in [6, 6.07) is 14.2. The Labute approximate surface area is 97.0 Å². The number of phenols is 1. The van der Waals surface area contributed by atoms with Gasteiger partial charge >= 0.3 is 0 Å². The zero-order chi connectivity index (χ0) is 11.5. The number of hydrogen-bond acceptors (Lipinski definition) is 2. The van der Waals surface area contributed by atoms with Crippen LogP contribution < -0.4 is 0 Å². The second-order valence-corrected chi connectivity index (χ2v) is 5.00. The Hall–Kier alpha value is -1.61. The highest BCUT2D eigenvalue weighted by atomic mass is 32.2. The van der Waals surface area contributed by atoms with Gasteiger partial charge in [-0.1, -0.05) is 24.3 Å². The molecule has 0 fully saturated rings. The second-order valence-electron chi connectivity index (χ2n) is 3.55. The van der Waals surface area contributed by atoms with Gasteiger partial charge in [-0.25, -0.2) is 4.21 Å². The first kappa shape index (κ1) is 10.9. The van der Waals surface area contributed by atoms with Crippen LogP contribution in [0.15, 0.2) is 58.3 Å². The molecule has 0 aromatic heterocycles. The molecule has 2 nitrogen and oxygen atoms in total. The van der Waals surface area contributed by atoms with Crippen molar-refractivity contribution in [2.24, 2.45) is 0 Å². The highest BCUT2D eigenvalue weighted by molar-refractivity contribution is 7.85. The van der Waals surface area contributed by atoms with Gasteiger partial charge in [-0.05, 0) is 36.8 Å². The zero-order valence-corrected chi connectivity index (χ0v) is 9.70. The van der Waals surface area contributed by atoms with Crippen molar-refractivity contribution in [3.63, 3.8) is 0 Å². The van der Waals surface area contributed by atoms with Gasteiger partial charge in [0.15, 0.2) is 0 Å². The molecule has 2 aromatic rings. The van der Waals surface area contributed by atoms with Crippen LogP contribution in [0, 0.1) is 6.92 Å². The van der Waals surface area contributed by atoms with E-state index in [0.717, 1.165) is 5.56 Å². The lowest BCUT2D eigenvalue weighted by molar-refractivity contribution is 0.461. The van der Waals surface area contributed by atoms with Gasteiger partial charge in [-0.3, -0.25) is 0 Å². The Bertz CT molecular complexity index is 521. The van der Waals surface area contributed by atoms with E-state index in [0.29, 0.717) is 9.79 Å². The van der Waals surface area contributed by atoms with Gasteiger partial charge in [0.05, 0.1) is 15.7 Å². The Morgan fingerprint density at radius 1 is 1.06 bits per heavy atom. The summed E-state index contributed by atoms with van der Waals surface area (Å²) in [6.45, 7) is 1.91. The van der Waals surface area contributed by atoms with E-state index in [-0.39, 0.29) is 5.75 Å². The molecule has 2 aromatic carbocycles. The molecule has 1 unspecified atom stereocenters. The van der Waals surface area contributed by atoms with E-state index in [4.69, 9.17) is 0 Å². The first-order valence-corrected chi connectivity index (χ1v) is 6.10. The standard InChI is InChI=1S/C13H12O2S/c1-10-7-8-12(14)13(9-10)16(15)11-5-3-2-4-6-11/h2-9,14H,1H3. The Kier molecular flexibility index (Phi) is 3.06. The molecule has 3 heteroatoms. The third-order valence-corrected chi connectivity index (χ3v) is 3.70. The van der Waals surface area contributed by atoms with E-state index in [1.54, 1.807) is 30.3 Å². The summed E-state index contributed by atoms with van der Waals surface area (Å²) in [6.07, 6.45) is 0. The molecule has 0 spiro atoms. The summed E-state index contributed by atoms with van der Waals surface area (Å²) in [5, 5.41) is 9.67. The van der Waals surface area contributed by atoms with Crippen LogP contribution in [-0.4, -0.2) is 9.32 Å². The highest BCUT2D eigenvalue weighted by Gasteiger charge is 2.11. The predicted octanol–water partition coefficient (Wildman–Crippen LogP) is 2.87. The Morgan fingerprint density at radius 2 is 1.75 bits per heavy atom. The van der Waals surface area contributed by atoms with E-state index in [2.05, 4.69) is 0 Å². The molecule has 2 rings (SSSR count). The monoisotopic (exact) mass is 232 g/mol. The second kappa shape index (κ2) is 4.49. The van der Waals surface area contributed by atoms with Crippen molar-refractivity contribution < 1.29 is 9.32 Å². The van der Waals surface area contributed by atoms with Gasteiger partial charge in [0, 0.05) is 4.90 Å². The van der Waals surface area contributed by atoms with Gasteiger partial charge in [0.1, 0.15) is 5.75 Å². The van der Waals surface area contributed by atoms with Crippen molar-refractivity contribution in [1.82, 2.24) is 0 Å². The topological polar surface area (TPSA) is 37.3 Å². The highest BCUT2D eigenvalue weighted by Crippen LogP contribution is 2.25. The molecular formula is C13H12O2S. The molecule has 0 radical (unpaired) electrons. The van der Waals surface area contributed by atoms with E-state index in [1.807, 2.05) is 25.1 Å². The van der Waals surface area contributed by atoms with Crippen molar-refractivity contribution in [2.75, 3.05) is 0 Å². The van der Waals surface area contributed by atoms with E-state index < -0.39 is 10.8 Å². The van der Waals surface area contributed by atoms with Crippen LogP contribution in [0.4, 0.5) is 0 Å². The minimum absolute atomic E-state index is 0.0767. The average Bonchev–Trinajstić information content (AvgIpc) is 2.32. The molecule has 0 aliphatic heterocycles. The molecule has 0 saturated heterocycles. The summed E-state index contributed by atoms with van der Waals surface area (Å²) >= 11 is 0. The molecule has 0 aliphatic rings. The van der Waals surface area contributed by atoms with Gasteiger partial charge in [0.2, 0.25) is 0 Å². The zero-order valence-electron chi connectivity index (χ0n) is 8.88. The van der Waals surface area contributed by atoms with Crippen molar-refractivity contribution in [3.05, 3.63) is 54.1 Å². The maximum Gasteiger partial charge on any atom is 0.132 e. The first-order valence-electron chi connectivity index (χ1n) is 4.95. The van der Waals surface area contributed by atoms with Gasteiger partial charge in [0.25, 0.3) is 0 Å². The van der Waals surface area contributed by atoms with Crippen molar-refractivity contribution in [3.8, 4) is 5.75 Å². The molecule has 82 valence electrons. The van der Waals surface area contributed by atoms with Crippen LogP contribution in [0.2, 0.25) is 0 Å². The van der Waals surface area contributed by atoms with Crippen LogP contribution in [0.1, 0.15) is 5.56 Å². The fourth-order valence-corrected chi connectivity index (χ4v) is 2.65. The Morgan fingerprint density at radius 3 is 2.44 bits per heavy atom. The molecule has 0 amide bonds. The smallest absolute Gasteiger partial charge is 0.132 e. The van der Waals surface area contributed by atoms with Crippen LogP contribution in [0.25, 0.3) is 0 Å². The largest absolute Gasteiger partial charge is 0.507 e. The fourth-order valence-electron chi connectivity index (χ4n) is 1.44. The van der Waals surface area contributed by atoms with Crippen molar-refractivity contribution in [2.45, 2.75) is 16.7 Å². The molecular weight excluding hydrogens is 220 g/mol. The van der Waals surface area contributed by atoms with Crippen LogP contribution in [0.3, 0.4) is 0 Å². The summed E-state index contributed by atoms with van der Waals surface area (Å²) in [5.74, 6) is 0.0767. The fraction of sp³-hybridized carbons (Fsp3) is 0.0769. The van der Waals surface area contributed by atoms with E-state index in [1.165, 1.54) is 0 Å². The van der Waals surface area contributed by atoms with Gasteiger partial charge in [-0.15, -0.1) is 0 Å². The maximum atomic E-state index is 12.2. The normalized spacial score (nSPS) is 12.3. The first-order chi connectivity index (χ1) is 7.68. The molecule has 0 saturated carbocycles. The number of aryl methyl sites for hydroxylation is 1. The minimum Gasteiger partial charge on any atom is -0.507 e. The van der Waals surface area contributed by atoms with Gasteiger partial charge < -0.3 is 5.11 Å². The summed E-state index contributed by atoms with van der Waals surface area (Å²) in [5.41, 5.74) is 0.983. The third kappa shape index (κ3) is 2.14. The molecule has 0 heterocycles. The number of benzene rings is 2. The minimum atomic E-state index is -1.32. The van der Waals surface area contributed by atoms with Crippen molar-refractivity contribution >= 4 is 10.8 Å². The Balaban J connectivity index is 2.46.